The van der Waals surface area contributed by atoms with Crippen molar-refractivity contribution >= 4 is 11.9 Å². The average Bonchev–Trinajstić information content (AvgIpc) is 3.69. The van der Waals surface area contributed by atoms with Crippen molar-refractivity contribution in [3.63, 3.8) is 0 Å². The van der Waals surface area contributed by atoms with Crippen molar-refractivity contribution in [1.29, 1.82) is 0 Å². The van der Waals surface area contributed by atoms with Gasteiger partial charge in [0, 0.05) is 6.21 Å². The van der Waals surface area contributed by atoms with Crippen molar-refractivity contribution in [3.05, 3.63) is 30.3 Å². The number of aliphatic imine (C=N–C) groups is 1. The minimum Gasteiger partial charge on any atom is -0.394 e. The summed E-state index contributed by atoms with van der Waals surface area (Å²) >= 11 is 0. The molecular weight excluding hydrogens is 1130 g/mol. The molecule has 21 saturated heterocycles. The molecule has 35 atom stereocenters. The Kier molecular flexibility index (Phi) is 21.9. The molecule has 20 N–H and O–H groups in total. The largest absolute Gasteiger partial charge is 0.394 e. The Hall–Kier alpha value is -2.47. The fourth-order valence-corrected chi connectivity index (χ4v) is 11.0. The SMILES string of the molecule is OC[C@H]1O[C@@H]2O[C@H]3[C@H](O)[C@@H](O)[C@@H](O[C@H]4[C@H](O)[C@@H](O)[C@@H](O[C@H]5[C@H](O)[C@@H](O)[C@@H](O[C@H]6[C@H](O)[C@@H](O)[C@@H](O[C@H]7[C@H](O)[C@@H](O)[C@@H](O[C@H]8[C@H](O)[C@@H](O)[C@@H](O[C@H]1[C@H](O)[C@H]2O)O[C@@H]8C=Nc1ccccc1)O[C@@H]7CO)O[C@@H]6CO)O[C@@H]5CO)O[C@@H]4CO)O[C@@H]3CO. The van der Waals surface area contributed by atoms with Gasteiger partial charge < -0.3 is 168 Å². The van der Waals surface area contributed by atoms with E-state index in [0.29, 0.717) is 5.69 Å². The molecule has 35 nitrogen and oxygen atoms in total. The fourth-order valence-electron chi connectivity index (χ4n) is 11.0. The minimum atomic E-state index is -2.21. The first-order chi connectivity index (χ1) is 39.7. The molecule has 474 valence electrons. The van der Waals surface area contributed by atoms with E-state index in [1.165, 1.54) is 0 Å². The summed E-state index contributed by atoms with van der Waals surface area (Å²) in [7, 11) is 0. The topological polar surface area (TPSA) is 546 Å². The monoisotopic (exact) mass is 1210 g/mol. The van der Waals surface area contributed by atoms with Crippen LogP contribution in [0, 0.1) is 0 Å². The smallest absolute Gasteiger partial charge is 0.187 e. The highest BCUT2D eigenvalue weighted by molar-refractivity contribution is 5.69. The Bertz CT molecular complexity index is 2180. The van der Waals surface area contributed by atoms with Gasteiger partial charge in [0.05, 0.1) is 45.3 Å². The second kappa shape index (κ2) is 27.9. The minimum absolute atomic E-state index is 0.308. The van der Waals surface area contributed by atoms with Gasteiger partial charge >= 0.3 is 0 Å². The number of rotatable bonds is 8. The lowest BCUT2D eigenvalue weighted by molar-refractivity contribution is -0.396. The average molecular weight is 1210 g/mol. The number of hydrogen-bond donors (Lipinski definition) is 20. The van der Waals surface area contributed by atoms with Crippen LogP contribution in [0.4, 0.5) is 5.69 Å². The molecule has 0 saturated carbocycles. The van der Waals surface area contributed by atoms with Gasteiger partial charge in [-0.15, -0.1) is 0 Å². The number of aliphatic hydroxyl groups is 20. The zero-order chi connectivity index (χ0) is 59.9. The molecule has 21 heterocycles. The van der Waals surface area contributed by atoms with Crippen LogP contribution in [0.3, 0.4) is 0 Å². The van der Waals surface area contributed by atoms with Crippen molar-refractivity contribution in [2.45, 2.75) is 215 Å². The van der Waals surface area contributed by atoms with Crippen LogP contribution in [0.1, 0.15) is 0 Å². The first-order valence-electron chi connectivity index (χ1n) is 26.6. The molecule has 21 aliphatic rings. The van der Waals surface area contributed by atoms with Crippen LogP contribution in [-0.2, 0) is 66.3 Å². The van der Waals surface area contributed by atoms with Crippen molar-refractivity contribution in [3.8, 4) is 0 Å². The Morgan fingerprint density at radius 2 is 0.470 bits per heavy atom. The molecule has 0 amide bonds. The molecule has 0 radical (unpaired) electrons. The molecule has 21 fully saturated rings. The summed E-state index contributed by atoms with van der Waals surface area (Å²) in [5.74, 6) is 0. The van der Waals surface area contributed by atoms with Crippen LogP contribution in [0.2, 0.25) is 0 Å². The van der Waals surface area contributed by atoms with Crippen LogP contribution in [0.15, 0.2) is 35.3 Å². The van der Waals surface area contributed by atoms with Gasteiger partial charge in [0.15, 0.2) is 44.0 Å². The van der Waals surface area contributed by atoms with E-state index in [1.54, 1.807) is 30.3 Å². The Morgan fingerprint density at radius 1 is 0.265 bits per heavy atom. The Balaban J connectivity index is 1.02. The van der Waals surface area contributed by atoms with Gasteiger partial charge in [0.25, 0.3) is 0 Å². The molecule has 0 unspecified atom stereocenters. The highest BCUT2D eigenvalue weighted by atomic mass is 16.8. The molecule has 83 heavy (non-hydrogen) atoms. The van der Waals surface area contributed by atoms with E-state index >= 15 is 0 Å². The first-order valence-corrected chi connectivity index (χ1v) is 26.6. The number of hydrogen-bond acceptors (Lipinski definition) is 35. The quantitative estimate of drug-likeness (QED) is 0.107. The second-order valence-corrected chi connectivity index (χ2v) is 21.0. The zero-order valence-corrected chi connectivity index (χ0v) is 43.5. The summed E-state index contributed by atoms with van der Waals surface area (Å²) in [5.41, 5.74) is 0.308. The first kappa shape index (κ1) is 65.0. The fraction of sp³-hybridized carbons (Fsp3) is 0.854. The number of nitrogens with zero attached hydrogens (tertiary/aromatic N) is 1. The van der Waals surface area contributed by atoms with Crippen LogP contribution >= 0.6 is 0 Å². The van der Waals surface area contributed by atoms with Gasteiger partial charge in [0.1, 0.15) is 171 Å². The predicted octanol–water partition coefficient (Wildman–Crippen LogP) is -12.8. The molecule has 21 aliphatic heterocycles. The van der Waals surface area contributed by atoms with Crippen LogP contribution in [-0.4, -0.2) is 363 Å². The summed E-state index contributed by atoms with van der Waals surface area (Å²) in [6, 6.07) is 8.05. The predicted molar refractivity (Wildman–Crippen MR) is 256 cm³/mol. The third-order valence-corrected chi connectivity index (χ3v) is 15.7. The summed E-state index contributed by atoms with van der Waals surface area (Å²) in [6.45, 7) is -6.25. The summed E-state index contributed by atoms with van der Waals surface area (Å²) in [5, 5.41) is 223. The second-order valence-electron chi connectivity index (χ2n) is 21.0. The third-order valence-electron chi connectivity index (χ3n) is 15.7. The van der Waals surface area contributed by atoms with E-state index in [-0.39, 0.29) is 0 Å². The molecule has 0 spiro atoms. The summed E-state index contributed by atoms with van der Waals surface area (Å²) in [6.07, 6.45) is -69.0. The molecule has 1 aromatic carbocycles. The lowest BCUT2D eigenvalue weighted by atomic mass is 9.95. The van der Waals surface area contributed by atoms with Crippen molar-refractivity contribution in [2.24, 2.45) is 4.99 Å². The van der Waals surface area contributed by atoms with Crippen molar-refractivity contribution < 1.29 is 168 Å². The van der Waals surface area contributed by atoms with Crippen LogP contribution < -0.4 is 0 Å². The lowest BCUT2D eigenvalue weighted by Gasteiger charge is -2.50. The zero-order valence-electron chi connectivity index (χ0n) is 43.5. The standard InChI is InChI=1S/C48H73NO34/c50-7-15-36-23(58)30(65)44(72-15)80-38-17(9-52)74-46(32(67)25(38)60)82-40-19(11-54)76-48(34(69)27(40)62)83-41-20(12-55)75-47(33(68)26(41)61)81-39-18(10-53)73-45(31(66)24(39)59)79-37-16(8-51)71-43(29(64)22(37)57)77-35-14(6-49-13-4-2-1-3-5-13)70-42(78-36)28(63)21(35)56/h1-6,14-48,50-69H,7-12H2/t14-,15-,16-,17-,18-,19-,20-,21-,22-,23-,24-,25-,26-,27-,28-,29-,30-,31-,32-,33-,34-,35-,36-,37-,38-,39-,40-,41-,42-,43-,44-,45-,46-,47-,48-/m1/s1. The van der Waals surface area contributed by atoms with Gasteiger partial charge in [-0.1, -0.05) is 18.2 Å². The number of ether oxygens (including phenoxy) is 14. The molecule has 35 heteroatoms. The van der Waals surface area contributed by atoms with E-state index in [0.717, 1.165) is 6.21 Å². The number of aliphatic hydroxyl groups excluding tert-OH is 20. The van der Waals surface area contributed by atoms with Crippen molar-refractivity contribution in [1.82, 2.24) is 0 Å². The van der Waals surface area contributed by atoms with Gasteiger partial charge in [-0.05, 0) is 12.1 Å². The van der Waals surface area contributed by atoms with E-state index < -0.39 is 255 Å². The van der Waals surface area contributed by atoms with Crippen LogP contribution in [0.25, 0.3) is 0 Å². The Morgan fingerprint density at radius 3 is 0.699 bits per heavy atom. The van der Waals surface area contributed by atoms with E-state index in [9.17, 15) is 102 Å². The Labute approximate surface area is 469 Å². The van der Waals surface area contributed by atoms with E-state index in [4.69, 9.17) is 66.3 Å². The van der Waals surface area contributed by atoms with Crippen molar-refractivity contribution in [2.75, 3.05) is 39.6 Å². The van der Waals surface area contributed by atoms with Gasteiger partial charge in [-0.2, -0.15) is 0 Å². The molecule has 0 aliphatic carbocycles. The van der Waals surface area contributed by atoms with Gasteiger partial charge in [0.2, 0.25) is 0 Å². The molecule has 1 aromatic rings. The van der Waals surface area contributed by atoms with Gasteiger partial charge in [-0.3, -0.25) is 4.99 Å². The number of para-hydroxylation sites is 1. The molecule has 0 aromatic heterocycles. The molecular formula is C48H73NO34. The maximum Gasteiger partial charge on any atom is 0.187 e. The van der Waals surface area contributed by atoms with Crippen LogP contribution in [0.5, 0.6) is 0 Å². The third kappa shape index (κ3) is 13.2. The summed E-state index contributed by atoms with van der Waals surface area (Å²) in [4.78, 5) is 4.33. The van der Waals surface area contributed by atoms with E-state index in [1.807, 2.05) is 0 Å². The van der Waals surface area contributed by atoms with Gasteiger partial charge in [-0.25, -0.2) is 0 Å². The maximum atomic E-state index is 11.7. The number of benzene rings is 1. The highest BCUT2D eigenvalue weighted by Crippen LogP contribution is 2.39. The van der Waals surface area contributed by atoms with E-state index in [2.05, 4.69) is 4.99 Å². The highest BCUT2D eigenvalue weighted by Gasteiger charge is 2.59. The maximum absolute atomic E-state index is 11.7. The lowest BCUT2D eigenvalue weighted by Crippen LogP contribution is -2.68. The summed E-state index contributed by atoms with van der Waals surface area (Å²) < 4.78 is 81.0. The molecule has 22 rings (SSSR count). The molecule has 14 bridgehead atoms. The normalized spacial score (nSPS) is 52.3.